The summed E-state index contributed by atoms with van der Waals surface area (Å²) in [7, 11) is 0. The Hall–Kier alpha value is -1.40. The summed E-state index contributed by atoms with van der Waals surface area (Å²) in [5.74, 6) is -0.249. The minimum Gasteiger partial charge on any atom is -0.444 e. The zero-order chi connectivity index (χ0) is 19.7. The van der Waals surface area contributed by atoms with E-state index in [-0.39, 0.29) is 11.9 Å². The molecule has 0 aliphatic heterocycles. The average Bonchev–Trinajstić information content (AvgIpc) is 2.53. The Labute approximate surface area is 164 Å². The molecule has 4 nitrogen and oxygen atoms in total. The molecule has 6 heteroatoms. The maximum absolute atomic E-state index is 14.6. The van der Waals surface area contributed by atoms with E-state index in [2.05, 4.69) is 39.6 Å². The van der Waals surface area contributed by atoms with Crippen molar-refractivity contribution in [3.8, 4) is 0 Å². The van der Waals surface area contributed by atoms with Crippen LogP contribution in [0.2, 0.25) is 0 Å². The fraction of sp³-hybridized carbons (Fsp3) is 0.550. The molecule has 1 aromatic rings. The zero-order valence-corrected chi connectivity index (χ0v) is 17.7. The normalized spacial score (nSPS) is 12.7. The molecule has 1 N–H and O–H groups in total. The van der Waals surface area contributed by atoms with Crippen LogP contribution in [0, 0.1) is 5.82 Å². The summed E-state index contributed by atoms with van der Waals surface area (Å²) >= 11 is 3.26. The maximum Gasteiger partial charge on any atom is 0.407 e. The fourth-order valence-corrected chi connectivity index (χ4v) is 3.12. The number of nitrogens with one attached hydrogen (secondary N) is 1. The Morgan fingerprint density at radius 2 is 2.12 bits per heavy atom. The second-order valence-corrected chi connectivity index (χ2v) is 8.00. The average molecular weight is 429 g/mol. The lowest BCUT2D eigenvalue weighted by molar-refractivity contribution is 0.0518. The molecule has 0 aromatic heterocycles. The van der Waals surface area contributed by atoms with Gasteiger partial charge in [-0.2, -0.15) is 0 Å². The number of carbonyl (C=O) groups excluding carboxylic acids is 1. The molecular formula is C20H30BrFN2O2. The van der Waals surface area contributed by atoms with Crippen LogP contribution in [-0.4, -0.2) is 36.2 Å². The van der Waals surface area contributed by atoms with Gasteiger partial charge in [0.2, 0.25) is 0 Å². The third kappa shape index (κ3) is 7.46. The molecular weight excluding hydrogens is 399 g/mol. The molecule has 26 heavy (non-hydrogen) atoms. The minimum atomic E-state index is -0.530. The summed E-state index contributed by atoms with van der Waals surface area (Å²) < 4.78 is 20.3. The van der Waals surface area contributed by atoms with Crippen LogP contribution in [0.4, 0.5) is 9.18 Å². The second kappa shape index (κ2) is 10.7. The molecule has 0 saturated carbocycles. The number of rotatable bonds is 9. The van der Waals surface area contributed by atoms with Crippen LogP contribution in [0.5, 0.6) is 0 Å². The maximum atomic E-state index is 14.6. The molecule has 1 atom stereocenters. The largest absolute Gasteiger partial charge is 0.444 e. The van der Waals surface area contributed by atoms with Gasteiger partial charge < -0.3 is 10.1 Å². The lowest BCUT2D eigenvalue weighted by atomic mass is 10.0. The Balaban J connectivity index is 2.84. The van der Waals surface area contributed by atoms with E-state index in [4.69, 9.17) is 4.74 Å². The molecule has 0 bridgehead atoms. The Morgan fingerprint density at radius 3 is 2.69 bits per heavy atom. The topological polar surface area (TPSA) is 41.6 Å². The van der Waals surface area contributed by atoms with E-state index in [9.17, 15) is 9.18 Å². The van der Waals surface area contributed by atoms with Crippen molar-refractivity contribution in [1.29, 1.82) is 0 Å². The summed E-state index contributed by atoms with van der Waals surface area (Å²) in [4.78, 5) is 14.0. The van der Waals surface area contributed by atoms with Crippen LogP contribution in [-0.2, 0) is 4.74 Å². The molecule has 1 rings (SSSR count). The number of hydrogen-bond acceptors (Lipinski definition) is 3. The van der Waals surface area contributed by atoms with Crippen LogP contribution in [0.3, 0.4) is 0 Å². The van der Waals surface area contributed by atoms with E-state index in [1.165, 1.54) is 0 Å². The van der Waals surface area contributed by atoms with Crippen molar-refractivity contribution < 1.29 is 13.9 Å². The van der Waals surface area contributed by atoms with Crippen LogP contribution >= 0.6 is 15.9 Å². The van der Waals surface area contributed by atoms with Gasteiger partial charge in [-0.05, 0) is 62.2 Å². The van der Waals surface area contributed by atoms with E-state index >= 15 is 0 Å². The van der Waals surface area contributed by atoms with E-state index in [0.29, 0.717) is 29.5 Å². The first-order valence-corrected chi connectivity index (χ1v) is 9.74. The van der Waals surface area contributed by atoms with Gasteiger partial charge in [0.05, 0.1) is 4.47 Å². The number of ether oxygens (including phenoxy) is 1. The summed E-state index contributed by atoms with van der Waals surface area (Å²) in [5, 5.41) is 2.77. The first-order valence-electron chi connectivity index (χ1n) is 8.95. The Morgan fingerprint density at radius 1 is 1.42 bits per heavy atom. The van der Waals surface area contributed by atoms with E-state index < -0.39 is 11.7 Å². The smallest absolute Gasteiger partial charge is 0.407 e. The summed E-state index contributed by atoms with van der Waals surface area (Å²) in [6.07, 6.45) is 2.91. The predicted molar refractivity (Wildman–Crippen MR) is 108 cm³/mol. The van der Waals surface area contributed by atoms with Crippen molar-refractivity contribution in [2.75, 3.05) is 19.6 Å². The molecule has 1 amide bonds. The van der Waals surface area contributed by atoms with Gasteiger partial charge in [-0.25, -0.2) is 9.18 Å². The van der Waals surface area contributed by atoms with Gasteiger partial charge in [-0.15, -0.1) is 6.58 Å². The third-order valence-corrected chi connectivity index (χ3v) is 4.36. The fourth-order valence-electron chi connectivity index (χ4n) is 2.73. The van der Waals surface area contributed by atoms with Gasteiger partial charge in [0.15, 0.2) is 0 Å². The second-order valence-electron chi connectivity index (χ2n) is 7.15. The SMILES string of the molecule is C=CCC(c1cccc(Br)c1F)N(CCC)CCNC(=O)OC(C)(C)C. The minimum absolute atomic E-state index is 0.134. The number of halogens is 2. The highest BCUT2D eigenvalue weighted by atomic mass is 79.9. The number of carbonyl (C=O) groups is 1. The van der Waals surface area contributed by atoms with E-state index in [0.717, 1.165) is 13.0 Å². The lowest BCUT2D eigenvalue weighted by Gasteiger charge is -2.32. The van der Waals surface area contributed by atoms with Gasteiger partial charge in [0.25, 0.3) is 0 Å². The monoisotopic (exact) mass is 428 g/mol. The van der Waals surface area contributed by atoms with Crippen molar-refractivity contribution in [2.45, 2.75) is 52.2 Å². The first kappa shape index (κ1) is 22.6. The van der Waals surface area contributed by atoms with E-state index in [1.807, 2.05) is 26.8 Å². The number of amides is 1. The predicted octanol–water partition coefficient (Wildman–Crippen LogP) is 5.44. The van der Waals surface area contributed by atoms with Crippen LogP contribution < -0.4 is 5.32 Å². The highest BCUT2D eigenvalue weighted by Crippen LogP contribution is 2.30. The van der Waals surface area contributed by atoms with Crippen LogP contribution in [0.1, 0.15) is 52.1 Å². The van der Waals surface area contributed by atoms with Crippen molar-refractivity contribution in [3.05, 3.63) is 46.7 Å². The number of alkyl carbamates (subject to hydrolysis) is 1. The molecule has 0 saturated heterocycles. The van der Waals surface area contributed by atoms with Crippen molar-refractivity contribution >= 4 is 22.0 Å². The Kier molecular flexibility index (Phi) is 9.30. The van der Waals surface area contributed by atoms with Gasteiger partial charge in [0.1, 0.15) is 11.4 Å². The molecule has 0 spiro atoms. The van der Waals surface area contributed by atoms with Crippen molar-refractivity contribution in [2.24, 2.45) is 0 Å². The molecule has 0 heterocycles. The summed E-state index contributed by atoms with van der Waals surface area (Å²) in [6.45, 7) is 13.2. The van der Waals surface area contributed by atoms with Gasteiger partial charge >= 0.3 is 6.09 Å². The van der Waals surface area contributed by atoms with Gasteiger partial charge in [0, 0.05) is 24.7 Å². The Bertz CT molecular complexity index is 602. The van der Waals surface area contributed by atoms with Crippen LogP contribution in [0.15, 0.2) is 35.3 Å². The summed E-state index contributed by atoms with van der Waals surface area (Å²) in [5.41, 5.74) is 0.0999. The molecule has 0 aliphatic carbocycles. The van der Waals surface area contributed by atoms with Crippen LogP contribution in [0.25, 0.3) is 0 Å². The third-order valence-electron chi connectivity index (χ3n) is 3.75. The number of nitrogens with zero attached hydrogens (tertiary/aromatic N) is 1. The molecule has 0 radical (unpaired) electrons. The van der Waals surface area contributed by atoms with E-state index in [1.54, 1.807) is 18.2 Å². The molecule has 146 valence electrons. The quantitative estimate of drug-likeness (QED) is 0.532. The van der Waals surface area contributed by atoms with Gasteiger partial charge in [-0.3, -0.25) is 4.90 Å². The number of hydrogen-bond donors (Lipinski definition) is 1. The van der Waals surface area contributed by atoms with Gasteiger partial charge in [-0.1, -0.05) is 25.1 Å². The van der Waals surface area contributed by atoms with Crippen molar-refractivity contribution in [1.82, 2.24) is 10.2 Å². The lowest BCUT2D eigenvalue weighted by Crippen LogP contribution is -2.39. The first-order chi connectivity index (χ1) is 12.2. The molecule has 0 fully saturated rings. The highest BCUT2D eigenvalue weighted by molar-refractivity contribution is 9.10. The van der Waals surface area contributed by atoms with Crippen molar-refractivity contribution in [3.63, 3.8) is 0 Å². The molecule has 1 aromatic carbocycles. The number of benzene rings is 1. The zero-order valence-electron chi connectivity index (χ0n) is 16.1. The standard InChI is InChI=1S/C20H30BrFN2O2/c1-6-9-17(15-10-8-11-16(21)18(15)22)24(13-7-2)14-12-23-19(25)26-20(3,4)5/h6,8,10-11,17H,1,7,9,12-14H2,2-5H3,(H,23,25). The highest BCUT2D eigenvalue weighted by Gasteiger charge is 2.23. The molecule has 0 aliphatic rings. The summed E-state index contributed by atoms with van der Waals surface area (Å²) in [6, 6.07) is 5.20. The molecule has 1 unspecified atom stereocenters.